The van der Waals surface area contributed by atoms with E-state index in [0.717, 1.165) is 22.6 Å². The Morgan fingerprint density at radius 1 is 1.07 bits per heavy atom. The van der Waals surface area contributed by atoms with E-state index in [1.54, 1.807) is 0 Å². The fourth-order valence-corrected chi connectivity index (χ4v) is 3.90. The number of carbonyl (C=O) groups excluding carboxylic acids is 1. The highest BCUT2D eigenvalue weighted by Gasteiger charge is 2.16. The van der Waals surface area contributed by atoms with E-state index in [0.29, 0.717) is 16.6 Å². The fraction of sp³-hybridized carbons (Fsp3) is 0.136. The van der Waals surface area contributed by atoms with Crippen molar-refractivity contribution in [1.29, 1.82) is 0 Å². The number of benzene rings is 2. The van der Waals surface area contributed by atoms with Gasteiger partial charge in [-0.3, -0.25) is 9.47 Å². The Morgan fingerprint density at radius 2 is 1.83 bits per heavy atom. The molecule has 2 aromatic heterocycles. The number of nitrogens with zero attached hydrogens (tertiary/aromatic N) is 4. The van der Waals surface area contributed by atoms with Gasteiger partial charge in [-0.25, -0.2) is 4.68 Å². The number of nitrogens with one attached hydrogen (secondary N) is 1. The molecule has 0 radical (unpaired) electrons. The molecular weight excluding hydrogens is 418 g/mol. The molecule has 0 saturated carbocycles. The summed E-state index contributed by atoms with van der Waals surface area (Å²) in [4.78, 5) is 12.4. The van der Waals surface area contributed by atoms with Gasteiger partial charge >= 0.3 is 0 Å². The first-order valence-corrected chi connectivity index (χ1v) is 10.8. The Labute approximate surface area is 183 Å². The predicted octanol–water partition coefficient (Wildman–Crippen LogP) is 4.67. The third-order valence-corrected chi connectivity index (χ3v) is 5.58. The second kappa shape index (κ2) is 9.19. The number of rotatable bonds is 7. The maximum atomic E-state index is 12.4. The van der Waals surface area contributed by atoms with E-state index in [-0.39, 0.29) is 11.7 Å². The van der Waals surface area contributed by atoms with Crippen molar-refractivity contribution in [1.82, 2.24) is 19.5 Å². The van der Waals surface area contributed by atoms with Crippen molar-refractivity contribution in [3.8, 4) is 0 Å². The molecular formula is C22H20ClN5OS. The molecule has 4 rings (SSSR count). The van der Waals surface area contributed by atoms with Gasteiger partial charge in [0.15, 0.2) is 5.82 Å². The van der Waals surface area contributed by atoms with E-state index in [9.17, 15) is 4.79 Å². The third-order valence-electron chi connectivity index (χ3n) is 4.41. The first-order valence-electron chi connectivity index (χ1n) is 9.40. The highest BCUT2D eigenvalue weighted by atomic mass is 35.5. The van der Waals surface area contributed by atoms with Crippen LogP contribution in [0.15, 0.2) is 78.2 Å². The minimum absolute atomic E-state index is 0.0908. The molecule has 2 heterocycles. The summed E-state index contributed by atoms with van der Waals surface area (Å²) in [6, 6.07) is 19.3. The van der Waals surface area contributed by atoms with Crippen LogP contribution in [0.4, 0.5) is 5.69 Å². The van der Waals surface area contributed by atoms with Gasteiger partial charge in [0.25, 0.3) is 0 Å². The maximum Gasteiger partial charge on any atom is 0.234 e. The second-order valence-corrected chi connectivity index (χ2v) is 8.16. The topological polar surface area (TPSA) is 64.7 Å². The standard InChI is InChI=1S/C22H20ClN5OS/c1-16-5-4-6-19(13-16)24-21(29)15-30-22-26-25-20(28(22)27-11-2-3-12-27)14-17-7-9-18(23)10-8-17/h2-13H,14-15H2,1H3,(H,24,29). The zero-order valence-corrected chi connectivity index (χ0v) is 17.9. The molecule has 0 fully saturated rings. The normalized spacial score (nSPS) is 10.9. The van der Waals surface area contributed by atoms with Crippen LogP contribution in [0.25, 0.3) is 0 Å². The molecule has 0 unspecified atom stereocenters. The number of carbonyl (C=O) groups is 1. The van der Waals surface area contributed by atoms with Gasteiger partial charge < -0.3 is 5.32 Å². The van der Waals surface area contributed by atoms with Gasteiger partial charge in [0.05, 0.1) is 5.75 Å². The van der Waals surface area contributed by atoms with E-state index in [1.807, 2.05) is 89.3 Å². The lowest BCUT2D eigenvalue weighted by atomic mass is 10.1. The summed E-state index contributed by atoms with van der Waals surface area (Å²) in [5.41, 5.74) is 2.96. The lowest BCUT2D eigenvalue weighted by Crippen LogP contribution is -2.16. The summed E-state index contributed by atoms with van der Waals surface area (Å²) in [7, 11) is 0. The van der Waals surface area contributed by atoms with Gasteiger partial charge in [-0.05, 0) is 54.4 Å². The Bertz CT molecular complexity index is 1140. The van der Waals surface area contributed by atoms with Crippen molar-refractivity contribution >= 4 is 35.0 Å². The first kappa shape index (κ1) is 20.3. The van der Waals surface area contributed by atoms with Crippen LogP contribution in [0.1, 0.15) is 17.0 Å². The van der Waals surface area contributed by atoms with Crippen molar-refractivity contribution in [2.45, 2.75) is 18.5 Å². The molecule has 4 aromatic rings. The average Bonchev–Trinajstić information content (AvgIpc) is 3.38. The number of aromatic nitrogens is 4. The summed E-state index contributed by atoms with van der Waals surface area (Å²) in [5.74, 6) is 0.913. The van der Waals surface area contributed by atoms with Crippen LogP contribution in [0, 0.1) is 6.92 Å². The minimum Gasteiger partial charge on any atom is -0.325 e. The lowest BCUT2D eigenvalue weighted by molar-refractivity contribution is -0.113. The maximum absolute atomic E-state index is 12.4. The van der Waals surface area contributed by atoms with Crippen molar-refractivity contribution in [2.75, 3.05) is 11.1 Å². The highest BCUT2D eigenvalue weighted by molar-refractivity contribution is 7.99. The molecule has 1 N–H and O–H groups in total. The third kappa shape index (κ3) is 4.93. The van der Waals surface area contributed by atoms with E-state index >= 15 is 0 Å². The number of hydrogen-bond acceptors (Lipinski definition) is 4. The monoisotopic (exact) mass is 437 g/mol. The minimum atomic E-state index is -0.0908. The molecule has 0 saturated heterocycles. The molecule has 30 heavy (non-hydrogen) atoms. The van der Waals surface area contributed by atoms with E-state index in [1.165, 1.54) is 11.8 Å². The number of anilines is 1. The Hall–Kier alpha value is -3.03. The van der Waals surface area contributed by atoms with E-state index < -0.39 is 0 Å². The van der Waals surface area contributed by atoms with Gasteiger partial charge in [0.1, 0.15) is 0 Å². The molecule has 2 aromatic carbocycles. The van der Waals surface area contributed by atoms with E-state index in [2.05, 4.69) is 15.5 Å². The number of aryl methyl sites for hydroxylation is 1. The Morgan fingerprint density at radius 3 is 2.57 bits per heavy atom. The summed E-state index contributed by atoms with van der Waals surface area (Å²) >= 11 is 7.34. The number of amides is 1. The Kier molecular flexibility index (Phi) is 6.21. The summed E-state index contributed by atoms with van der Waals surface area (Å²) in [6.45, 7) is 1.99. The van der Waals surface area contributed by atoms with Gasteiger partial charge in [-0.1, -0.05) is 47.6 Å². The SMILES string of the molecule is Cc1cccc(NC(=O)CSc2nnc(Cc3ccc(Cl)cc3)n2-n2cccc2)c1. The van der Waals surface area contributed by atoms with Crippen molar-refractivity contribution < 1.29 is 4.79 Å². The molecule has 0 atom stereocenters. The number of hydrogen-bond donors (Lipinski definition) is 1. The smallest absolute Gasteiger partial charge is 0.234 e. The molecule has 6 nitrogen and oxygen atoms in total. The average molecular weight is 438 g/mol. The van der Waals surface area contributed by atoms with Crippen LogP contribution in [0.5, 0.6) is 0 Å². The van der Waals surface area contributed by atoms with Crippen LogP contribution in [0.2, 0.25) is 5.02 Å². The molecule has 0 aliphatic carbocycles. The van der Waals surface area contributed by atoms with Gasteiger partial charge in [0.2, 0.25) is 11.1 Å². The zero-order chi connectivity index (χ0) is 20.9. The molecule has 0 spiro atoms. The fourth-order valence-electron chi connectivity index (χ4n) is 3.02. The molecule has 152 valence electrons. The van der Waals surface area contributed by atoms with Crippen LogP contribution >= 0.6 is 23.4 Å². The number of thioether (sulfide) groups is 1. The van der Waals surface area contributed by atoms with Gasteiger partial charge in [-0.2, -0.15) is 0 Å². The molecule has 1 amide bonds. The molecule has 8 heteroatoms. The molecule has 0 bridgehead atoms. The molecule has 0 aliphatic rings. The largest absolute Gasteiger partial charge is 0.325 e. The van der Waals surface area contributed by atoms with Crippen molar-refractivity contribution in [3.63, 3.8) is 0 Å². The Balaban J connectivity index is 1.50. The van der Waals surface area contributed by atoms with Gasteiger partial charge in [0, 0.05) is 29.5 Å². The lowest BCUT2D eigenvalue weighted by Gasteiger charge is -2.11. The van der Waals surface area contributed by atoms with Crippen LogP contribution in [-0.2, 0) is 11.2 Å². The van der Waals surface area contributed by atoms with Crippen LogP contribution < -0.4 is 5.32 Å². The first-order chi connectivity index (χ1) is 14.6. The van der Waals surface area contributed by atoms with E-state index in [4.69, 9.17) is 11.6 Å². The molecule has 0 aliphatic heterocycles. The zero-order valence-electron chi connectivity index (χ0n) is 16.3. The van der Waals surface area contributed by atoms with Gasteiger partial charge in [-0.15, -0.1) is 10.2 Å². The van der Waals surface area contributed by atoms with Crippen LogP contribution in [0.3, 0.4) is 0 Å². The highest BCUT2D eigenvalue weighted by Crippen LogP contribution is 2.21. The van der Waals surface area contributed by atoms with Crippen molar-refractivity contribution in [2.24, 2.45) is 0 Å². The summed E-state index contributed by atoms with van der Waals surface area (Å²) < 4.78 is 3.82. The second-order valence-electron chi connectivity index (χ2n) is 6.78. The predicted molar refractivity (Wildman–Crippen MR) is 120 cm³/mol. The summed E-state index contributed by atoms with van der Waals surface area (Å²) in [5, 5.41) is 13.0. The summed E-state index contributed by atoms with van der Waals surface area (Å²) in [6.07, 6.45) is 4.44. The van der Waals surface area contributed by atoms with Crippen molar-refractivity contribution in [3.05, 3.63) is 95.0 Å². The quantitative estimate of drug-likeness (QED) is 0.426. The number of halogens is 1. The van der Waals surface area contributed by atoms with Crippen LogP contribution in [-0.4, -0.2) is 31.2 Å².